The highest BCUT2D eigenvalue weighted by atomic mass is 16.1. The van der Waals surface area contributed by atoms with Crippen molar-refractivity contribution < 1.29 is 0 Å². The summed E-state index contributed by atoms with van der Waals surface area (Å²) in [6.07, 6.45) is 3.71. The van der Waals surface area contributed by atoms with Crippen molar-refractivity contribution in [1.29, 1.82) is 0 Å². The van der Waals surface area contributed by atoms with Gasteiger partial charge in [-0.25, -0.2) is 4.79 Å². The molecule has 0 aliphatic carbocycles. The van der Waals surface area contributed by atoms with Crippen LogP contribution in [-0.4, -0.2) is 18.9 Å². The van der Waals surface area contributed by atoms with Crippen LogP contribution in [-0.2, 0) is 20.6 Å². The summed E-state index contributed by atoms with van der Waals surface area (Å²) in [5.41, 5.74) is 2.93. The first-order chi connectivity index (χ1) is 8.66. The zero-order chi connectivity index (χ0) is 12.7. The van der Waals surface area contributed by atoms with E-state index in [0.29, 0.717) is 6.54 Å². The first-order valence-electron chi connectivity index (χ1n) is 5.78. The standard InChI is InChI=1S/C13H14N4O/c1-15-8-10(7-14-15)9-17-12-6-4-3-5-11(12)16(2)13(17)18/h3-8H,9H2,1-2H3. The second-order valence-corrected chi connectivity index (χ2v) is 4.44. The number of hydrogen-bond acceptors (Lipinski definition) is 2. The SMILES string of the molecule is Cn1cc(Cn2c(=O)n(C)c3ccccc32)cn1. The van der Waals surface area contributed by atoms with E-state index in [2.05, 4.69) is 5.10 Å². The number of para-hydroxylation sites is 2. The molecule has 0 amide bonds. The molecule has 0 atom stereocenters. The van der Waals surface area contributed by atoms with Gasteiger partial charge >= 0.3 is 5.69 Å². The fourth-order valence-electron chi connectivity index (χ4n) is 2.25. The molecule has 0 radical (unpaired) electrons. The fourth-order valence-corrected chi connectivity index (χ4v) is 2.25. The number of fused-ring (bicyclic) bond motifs is 1. The number of benzene rings is 1. The van der Waals surface area contributed by atoms with Crippen LogP contribution < -0.4 is 5.69 Å². The fraction of sp³-hybridized carbons (Fsp3) is 0.231. The first-order valence-corrected chi connectivity index (χ1v) is 5.78. The molecule has 92 valence electrons. The van der Waals surface area contributed by atoms with Crippen molar-refractivity contribution in [2.45, 2.75) is 6.54 Å². The molecule has 1 aromatic carbocycles. The second-order valence-electron chi connectivity index (χ2n) is 4.44. The van der Waals surface area contributed by atoms with Crippen molar-refractivity contribution in [3.63, 3.8) is 0 Å². The molecule has 5 heteroatoms. The normalized spacial score (nSPS) is 11.2. The van der Waals surface area contributed by atoms with Crippen LogP contribution in [0.5, 0.6) is 0 Å². The van der Waals surface area contributed by atoms with Gasteiger partial charge in [-0.15, -0.1) is 0 Å². The molecule has 3 rings (SSSR count). The van der Waals surface area contributed by atoms with Gasteiger partial charge in [-0.1, -0.05) is 12.1 Å². The zero-order valence-electron chi connectivity index (χ0n) is 10.4. The Morgan fingerprint density at radius 1 is 1.17 bits per heavy atom. The van der Waals surface area contributed by atoms with Gasteiger partial charge in [0.15, 0.2) is 0 Å². The number of rotatable bonds is 2. The van der Waals surface area contributed by atoms with Crippen molar-refractivity contribution in [3.8, 4) is 0 Å². The number of aromatic nitrogens is 4. The Morgan fingerprint density at radius 2 is 1.89 bits per heavy atom. The molecule has 0 aliphatic rings. The van der Waals surface area contributed by atoms with Gasteiger partial charge in [0.2, 0.25) is 0 Å². The molecular weight excluding hydrogens is 228 g/mol. The maximum Gasteiger partial charge on any atom is 0.329 e. The van der Waals surface area contributed by atoms with E-state index in [1.165, 1.54) is 0 Å². The monoisotopic (exact) mass is 242 g/mol. The van der Waals surface area contributed by atoms with Gasteiger partial charge < -0.3 is 0 Å². The van der Waals surface area contributed by atoms with Crippen molar-refractivity contribution in [2.24, 2.45) is 14.1 Å². The lowest BCUT2D eigenvalue weighted by molar-refractivity contribution is 0.732. The quantitative estimate of drug-likeness (QED) is 0.676. The molecule has 0 saturated carbocycles. The first kappa shape index (κ1) is 10.8. The van der Waals surface area contributed by atoms with E-state index in [0.717, 1.165) is 16.6 Å². The topological polar surface area (TPSA) is 44.8 Å². The Hall–Kier alpha value is -2.30. The van der Waals surface area contributed by atoms with Gasteiger partial charge in [0.25, 0.3) is 0 Å². The lowest BCUT2D eigenvalue weighted by Crippen LogP contribution is -2.22. The second kappa shape index (κ2) is 3.87. The summed E-state index contributed by atoms with van der Waals surface area (Å²) >= 11 is 0. The van der Waals surface area contributed by atoms with E-state index in [1.807, 2.05) is 37.5 Å². The van der Waals surface area contributed by atoms with Crippen LogP contribution in [0.4, 0.5) is 0 Å². The maximum absolute atomic E-state index is 12.2. The molecule has 0 saturated heterocycles. The molecule has 0 unspecified atom stereocenters. The molecule has 0 aliphatic heterocycles. The van der Waals surface area contributed by atoms with Crippen LogP contribution in [0.25, 0.3) is 11.0 Å². The van der Waals surface area contributed by atoms with Crippen LogP contribution in [0.15, 0.2) is 41.5 Å². The molecule has 5 nitrogen and oxygen atoms in total. The van der Waals surface area contributed by atoms with Gasteiger partial charge in [0.05, 0.1) is 23.8 Å². The number of imidazole rings is 1. The minimum absolute atomic E-state index is 0.0000491. The summed E-state index contributed by atoms with van der Waals surface area (Å²) < 4.78 is 5.18. The van der Waals surface area contributed by atoms with E-state index >= 15 is 0 Å². The summed E-state index contributed by atoms with van der Waals surface area (Å²) in [4.78, 5) is 12.2. The van der Waals surface area contributed by atoms with E-state index in [1.54, 1.807) is 27.1 Å². The van der Waals surface area contributed by atoms with E-state index < -0.39 is 0 Å². The maximum atomic E-state index is 12.2. The molecule has 3 aromatic rings. The highest BCUT2D eigenvalue weighted by Crippen LogP contribution is 2.12. The summed E-state index contributed by atoms with van der Waals surface area (Å²) in [6.45, 7) is 0.550. The largest absolute Gasteiger partial charge is 0.329 e. The van der Waals surface area contributed by atoms with Crippen molar-refractivity contribution in [1.82, 2.24) is 18.9 Å². The molecule has 0 N–H and O–H groups in total. The molecular formula is C13H14N4O. The van der Waals surface area contributed by atoms with Crippen LogP contribution in [0, 0.1) is 0 Å². The molecule has 0 fully saturated rings. The van der Waals surface area contributed by atoms with Gasteiger partial charge in [0.1, 0.15) is 0 Å². The van der Waals surface area contributed by atoms with Crippen LogP contribution in [0.3, 0.4) is 0 Å². The highest BCUT2D eigenvalue weighted by molar-refractivity contribution is 5.75. The third kappa shape index (κ3) is 1.55. The smallest absolute Gasteiger partial charge is 0.295 e. The van der Waals surface area contributed by atoms with Gasteiger partial charge in [-0.2, -0.15) is 5.10 Å². The predicted octanol–water partition coefficient (Wildman–Crippen LogP) is 1.12. The predicted molar refractivity (Wildman–Crippen MR) is 69.5 cm³/mol. The third-order valence-electron chi connectivity index (χ3n) is 3.15. The van der Waals surface area contributed by atoms with Gasteiger partial charge in [0, 0.05) is 25.9 Å². The summed E-state index contributed by atoms with van der Waals surface area (Å²) in [7, 11) is 3.67. The van der Waals surface area contributed by atoms with Crippen LogP contribution in [0.2, 0.25) is 0 Å². The average Bonchev–Trinajstić information content (AvgIpc) is 2.88. The average molecular weight is 242 g/mol. The van der Waals surface area contributed by atoms with Gasteiger partial charge in [-0.3, -0.25) is 13.8 Å². The van der Waals surface area contributed by atoms with E-state index in [-0.39, 0.29) is 5.69 Å². The minimum atomic E-state index is 0.0000491. The lowest BCUT2D eigenvalue weighted by Gasteiger charge is -1.99. The van der Waals surface area contributed by atoms with Crippen LogP contribution in [0.1, 0.15) is 5.56 Å². The molecule has 2 aromatic heterocycles. The third-order valence-corrected chi connectivity index (χ3v) is 3.15. The number of aryl methyl sites for hydroxylation is 2. The minimum Gasteiger partial charge on any atom is -0.295 e. The summed E-state index contributed by atoms with van der Waals surface area (Å²) in [6, 6.07) is 7.81. The van der Waals surface area contributed by atoms with Crippen LogP contribution >= 0.6 is 0 Å². The van der Waals surface area contributed by atoms with Crippen molar-refractivity contribution >= 4 is 11.0 Å². The zero-order valence-corrected chi connectivity index (χ0v) is 10.4. The molecule has 18 heavy (non-hydrogen) atoms. The van der Waals surface area contributed by atoms with Crippen molar-refractivity contribution in [3.05, 3.63) is 52.7 Å². The Kier molecular flexibility index (Phi) is 2.33. The number of nitrogens with zero attached hydrogens (tertiary/aromatic N) is 4. The molecule has 0 bridgehead atoms. The molecule has 2 heterocycles. The lowest BCUT2D eigenvalue weighted by atomic mass is 10.3. The van der Waals surface area contributed by atoms with Crippen molar-refractivity contribution in [2.75, 3.05) is 0 Å². The Morgan fingerprint density at radius 3 is 2.56 bits per heavy atom. The Labute approximate surface area is 104 Å². The molecule has 0 spiro atoms. The Balaban J connectivity index is 2.17. The summed E-state index contributed by atoms with van der Waals surface area (Å²) in [5.74, 6) is 0. The van der Waals surface area contributed by atoms with E-state index in [4.69, 9.17) is 0 Å². The Bertz CT molecular complexity index is 763. The number of hydrogen-bond donors (Lipinski definition) is 0. The van der Waals surface area contributed by atoms with Gasteiger partial charge in [-0.05, 0) is 12.1 Å². The highest BCUT2D eigenvalue weighted by Gasteiger charge is 2.10. The summed E-state index contributed by atoms with van der Waals surface area (Å²) in [5, 5.41) is 4.12. The van der Waals surface area contributed by atoms with E-state index in [9.17, 15) is 4.79 Å².